The Balaban J connectivity index is 1.75. The topological polar surface area (TPSA) is 72.0 Å². The largest absolute Gasteiger partial charge is 0.264 e. The highest BCUT2D eigenvalue weighted by Crippen LogP contribution is 2.20. The predicted octanol–water partition coefficient (Wildman–Crippen LogP) is 2.62. The van der Waals surface area contributed by atoms with Crippen molar-refractivity contribution < 1.29 is 8.42 Å². The van der Waals surface area contributed by atoms with Crippen molar-refractivity contribution in [2.45, 2.75) is 11.4 Å². The summed E-state index contributed by atoms with van der Waals surface area (Å²) in [5.74, 6) is 0. The van der Waals surface area contributed by atoms with Crippen LogP contribution in [0.15, 0.2) is 78.1 Å². The second-order valence-corrected chi connectivity index (χ2v) is 6.68. The maximum Gasteiger partial charge on any atom is 0.240 e. The average molecular weight is 325 g/mol. The van der Waals surface area contributed by atoms with E-state index in [4.69, 9.17) is 0 Å². The van der Waals surface area contributed by atoms with Crippen molar-refractivity contribution in [1.82, 2.24) is 14.7 Å². The molecule has 0 saturated heterocycles. The number of hydrogen-bond acceptors (Lipinski definition) is 4. The Morgan fingerprint density at radius 1 is 0.870 bits per heavy atom. The van der Waals surface area contributed by atoms with E-state index in [0.717, 1.165) is 11.1 Å². The number of benzene rings is 1. The molecular weight excluding hydrogens is 310 g/mol. The molecule has 0 bridgehead atoms. The van der Waals surface area contributed by atoms with Crippen LogP contribution in [0.3, 0.4) is 0 Å². The Morgan fingerprint density at radius 3 is 2.35 bits per heavy atom. The van der Waals surface area contributed by atoms with E-state index in [1.165, 1.54) is 0 Å². The Kier molecular flexibility index (Phi) is 4.45. The lowest BCUT2D eigenvalue weighted by Crippen LogP contribution is -2.23. The summed E-state index contributed by atoms with van der Waals surface area (Å²) in [5, 5.41) is 0. The van der Waals surface area contributed by atoms with E-state index in [9.17, 15) is 8.42 Å². The van der Waals surface area contributed by atoms with Gasteiger partial charge >= 0.3 is 0 Å². The zero-order valence-corrected chi connectivity index (χ0v) is 13.1. The minimum Gasteiger partial charge on any atom is -0.264 e. The van der Waals surface area contributed by atoms with Crippen molar-refractivity contribution >= 4 is 10.0 Å². The van der Waals surface area contributed by atoms with Gasteiger partial charge in [-0.25, -0.2) is 13.1 Å². The molecule has 3 rings (SSSR count). The van der Waals surface area contributed by atoms with Gasteiger partial charge in [0.2, 0.25) is 10.0 Å². The quantitative estimate of drug-likeness (QED) is 0.783. The van der Waals surface area contributed by atoms with Gasteiger partial charge in [-0.15, -0.1) is 0 Å². The molecule has 116 valence electrons. The molecule has 0 amide bonds. The molecule has 3 aromatic rings. The molecule has 23 heavy (non-hydrogen) atoms. The van der Waals surface area contributed by atoms with Gasteiger partial charge in [0, 0.05) is 18.6 Å². The monoisotopic (exact) mass is 325 g/mol. The lowest BCUT2D eigenvalue weighted by Gasteiger charge is -2.07. The van der Waals surface area contributed by atoms with Crippen LogP contribution in [0.5, 0.6) is 0 Å². The highest BCUT2D eigenvalue weighted by atomic mass is 32.2. The van der Waals surface area contributed by atoms with Gasteiger partial charge in [0.25, 0.3) is 0 Å². The van der Waals surface area contributed by atoms with Gasteiger partial charge in [-0.1, -0.05) is 24.3 Å². The molecule has 0 radical (unpaired) electrons. The Hall–Kier alpha value is -2.57. The standard InChI is InChI=1S/C17H15N3O2S/c21-23(22,20-13-16-5-1-2-11-19-16)17-8-6-14(7-9-17)15-4-3-10-18-12-15/h1-12,20H,13H2. The first-order valence-electron chi connectivity index (χ1n) is 7.05. The molecule has 0 spiro atoms. The van der Waals surface area contributed by atoms with E-state index in [1.54, 1.807) is 55.0 Å². The molecule has 0 aliphatic carbocycles. The predicted molar refractivity (Wildman–Crippen MR) is 87.9 cm³/mol. The molecule has 0 atom stereocenters. The smallest absolute Gasteiger partial charge is 0.240 e. The van der Waals surface area contributed by atoms with Crippen LogP contribution in [0.4, 0.5) is 0 Å². The first-order valence-corrected chi connectivity index (χ1v) is 8.53. The van der Waals surface area contributed by atoms with Gasteiger partial charge in [-0.3, -0.25) is 9.97 Å². The molecule has 0 saturated carbocycles. The summed E-state index contributed by atoms with van der Waals surface area (Å²) in [6.07, 6.45) is 5.07. The van der Waals surface area contributed by atoms with Crippen LogP contribution >= 0.6 is 0 Å². The second-order valence-electron chi connectivity index (χ2n) is 4.91. The van der Waals surface area contributed by atoms with Crippen LogP contribution in [0.2, 0.25) is 0 Å². The summed E-state index contributed by atoms with van der Waals surface area (Å²) in [5.41, 5.74) is 2.53. The summed E-state index contributed by atoms with van der Waals surface area (Å²) in [4.78, 5) is 8.38. The van der Waals surface area contributed by atoms with Crippen molar-refractivity contribution in [1.29, 1.82) is 0 Å². The molecule has 0 fully saturated rings. The number of hydrogen-bond donors (Lipinski definition) is 1. The molecule has 2 aromatic heterocycles. The zero-order chi connectivity index (χ0) is 16.1. The van der Waals surface area contributed by atoms with E-state index in [0.29, 0.717) is 5.69 Å². The van der Waals surface area contributed by atoms with Crippen LogP contribution in [0, 0.1) is 0 Å². The van der Waals surface area contributed by atoms with Crippen LogP contribution in [0.25, 0.3) is 11.1 Å². The van der Waals surface area contributed by atoms with Gasteiger partial charge in [0.05, 0.1) is 17.1 Å². The third kappa shape index (κ3) is 3.80. The molecule has 5 nitrogen and oxygen atoms in total. The minimum atomic E-state index is -3.56. The summed E-state index contributed by atoms with van der Waals surface area (Å²) < 4.78 is 27.2. The van der Waals surface area contributed by atoms with Crippen molar-refractivity contribution in [3.63, 3.8) is 0 Å². The van der Waals surface area contributed by atoms with E-state index < -0.39 is 10.0 Å². The van der Waals surface area contributed by atoms with Crippen molar-refractivity contribution in [3.8, 4) is 11.1 Å². The summed E-state index contributed by atoms with van der Waals surface area (Å²) in [6.45, 7) is 0.160. The summed E-state index contributed by atoms with van der Waals surface area (Å²) in [7, 11) is -3.56. The number of sulfonamides is 1. The first kappa shape index (κ1) is 15.3. The normalized spacial score (nSPS) is 11.3. The number of nitrogens with one attached hydrogen (secondary N) is 1. The molecule has 0 aliphatic heterocycles. The Bertz CT molecular complexity index is 865. The molecule has 0 aliphatic rings. The average Bonchev–Trinajstić information content (AvgIpc) is 2.62. The number of nitrogens with zero attached hydrogens (tertiary/aromatic N) is 2. The summed E-state index contributed by atoms with van der Waals surface area (Å²) in [6, 6.07) is 15.9. The van der Waals surface area contributed by atoms with Crippen molar-refractivity contribution in [2.24, 2.45) is 0 Å². The molecule has 0 unspecified atom stereocenters. The lowest BCUT2D eigenvalue weighted by molar-refractivity contribution is 0.580. The zero-order valence-electron chi connectivity index (χ0n) is 12.3. The van der Waals surface area contributed by atoms with Crippen LogP contribution in [-0.2, 0) is 16.6 Å². The Morgan fingerprint density at radius 2 is 1.70 bits per heavy atom. The molecule has 1 aromatic carbocycles. The molecule has 2 heterocycles. The first-order chi connectivity index (χ1) is 11.1. The highest BCUT2D eigenvalue weighted by Gasteiger charge is 2.13. The van der Waals surface area contributed by atoms with E-state index in [2.05, 4.69) is 14.7 Å². The van der Waals surface area contributed by atoms with Crippen molar-refractivity contribution in [3.05, 3.63) is 78.9 Å². The van der Waals surface area contributed by atoms with Gasteiger partial charge < -0.3 is 0 Å². The maximum absolute atomic E-state index is 12.3. The van der Waals surface area contributed by atoms with Gasteiger partial charge in [0.15, 0.2) is 0 Å². The summed E-state index contributed by atoms with van der Waals surface area (Å²) >= 11 is 0. The number of aromatic nitrogens is 2. The molecule has 6 heteroatoms. The maximum atomic E-state index is 12.3. The van der Waals surface area contributed by atoms with Crippen LogP contribution < -0.4 is 4.72 Å². The van der Waals surface area contributed by atoms with Crippen LogP contribution in [-0.4, -0.2) is 18.4 Å². The van der Waals surface area contributed by atoms with Gasteiger partial charge in [-0.05, 0) is 41.5 Å². The van der Waals surface area contributed by atoms with Crippen LogP contribution in [0.1, 0.15) is 5.69 Å². The SMILES string of the molecule is O=S(=O)(NCc1ccccn1)c1ccc(-c2cccnc2)cc1. The number of pyridine rings is 2. The third-order valence-corrected chi connectivity index (χ3v) is 4.75. The van der Waals surface area contributed by atoms with E-state index in [1.807, 2.05) is 18.2 Å². The number of rotatable bonds is 5. The minimum absolute atomic E-state index is 0.160. The van der Waals surface area contributed by atoms with E-state index >= 15 is 0 Å². The third-order valence-electron chi connectivity index (χ3n) is 3.33. The molecular formula is C17H15N3O2S. The highest BCUT2D eigenvalue weighted by molar-refractivity contribution is 7.89. The fourth-order valence-electron chi connectivity index (χ4n) is 2.12. The lowest BCUT2D eigenvalue weighted by atomic mass is 10.1. The van der Waals surface area contributed by atoms with E-state index in [-0.39, 0.29) is 11.4 Å². The molecule has 1 N–H and O–H groups in total. The second kappa shape index (κ2) is 6.68. The van der Waals surface area contributed by atoms with Crippen molar-refractivity contribution in [2.75, 3.05) is 0 Å². The fourth-order valence-corrected chi connectivity index (χ4v) is 3.11. The fraction of sp³-hybridized carbons (Fsp3) is 0.0588. The van der Waals surface area contributed by atoms with Gasteiger partial charge in [0.1, 0.15) is 0 Å². The Labute approximate surface area is 135 Å². The van der Waals surface area contributed by atoms with Gasteiger partial charge in [-0.2, -0.15) is 0 Å².